The molecule has 0 aromatic carbocycles. The molecule has 3 rings (SSSR count). The van der Waals surface area contributed by atoms with Crippen LogP contribution in [-0.2, 0) is 10.0 Å². The van der Waals surface area contributed by atoms with Gasteiger partial charge in [0.2, 0.25) is 10.0 Å². The summed E-state index contributed by atoms with van der Waals surface area (Å²) in [6.07, 6.45) is 4.82. The van der Waals surface area contributed by atoms with Crippen LogP contribution < -0.4 is 9.62 Å². The van der Waals surface area contributed by atoms with Crippen molar-refractivity contribution in [1.82, 2.24) is 9.71 Å². The van der Waals surface area contributed by atoms with Crippen molar-refractivity contribution in [3.05, 3.63) is 21.8 Å². The number of sulfonamides is 1. The Bertz CT molecular complexity index is 628. The molecule has 2 aliphatic rings. The van der Waals surface area contributed by atoms with Gasteiger partial charge in [-0.05, 0) is 47.7 Å². The van der Waals surface area contributed by atoms with Crippen LogP contribution in [0.1, 0.15) is 25.7 Å². The molecule has 8 heteroatoms. The molecule has 1 saturated carbocycles. The number of nitrogens with zero attached hydrogens (tertiary/aromatic N) is 2. The first-order valence-electron chi connectivity index (χ1n) is 7.03. The van der Waals surface area contributed by atoms with Gasteiger partial charge < -0.3 is 4.90 Å². The summed E-state index contributed by atoms with van der Waals surface area (Å²) in [4.78, 5) is 6.50. The van der Waals surface area contributed by atoms with Gasteiger partial charge in [0, 0.05) is 25.3 Å². The second-order valence-corrected chi connectivity index (χ2v) is 8.87. The predicted molar refractivity (Wildman–Crippen MR) is 87.3 cm³/mol. The van der Waals surface area contributed by atoms with E-state index in [1.165, 1.54) is 0 Å². The van der Waals surface area contributed by atoms with E-state index in [1.54, 1.807) is 6.20 Å². The molecule has 2 fully saturated rings. The van der Waals surface area contributed by atoms with Crippen LogP contribution in [0.25, 0.3) is 0 Å². The van der Waals surface area contributed by atoms with Crippen LogP contribution in [0.4, 0.5) is 5.82 Å². The molecule has 5 nitrogen and oxygen atoms in total. The van der Waals surface area contributed by atoms with Crippen molar-refractivity contribution >= 4 is 43.4 Å². The minimum Gasteiger partial charge on any atom is -0.356 e. The van der Waals surface area contributed by atoms with Crippen LogP contribution in [0.5, 0.6) is 0 Å². The Hall–Kier alpha value is -0.370. The number of nitrogens with one attached hydrogen (secondary N) is 1. The molecular weight excluding hydrogens is 378 g/mol. The van der Waals surface area contributed by atoms with E-state index in [0.717, 1.165) is 49.1 Å². The van der Waals surface area contributed by atoms with Crippen LogP contribution in [0.15, 0.2) is 16.7 Å². The minimum atomic E-state index is -3.09. The van der Waals surface area contributed by atoms with Gasteiger partial charge in [-0.25, -0.2) is 18.1 Å². The zero-order valence-electron chi connectivity index (χ0n) is 11.4. The summed E-state index contributed by atoms with van der Waals surface area (Å²) in [5.41, 5.74) is 0. The monoisotopic (exact) mass is 393 g/mol. The second kappa shape index (κ2) is 6.02. The first-order chi connectivity index (χ1) is 9.95. The molecule has 0 spiro atoms. The van der Waals surface area contributed by atoms with Crippen LogP contribution in [0, 0.1) is 0 Å². The molecule has 21 heavy (non-hydrogen) atoms. The minimum absolute atomic E-state index is 0.0397. The van der Waals surface area contributed by atoms with E-state index in [9.17, 15) is 8.42 Å². The molecule has 116 valence electrons. The van der Waals surface area contributed by atoms with Crippen LogP contribution >= 0.6 is 27.5 Å². The fourth-order valence-electron chi connectivity index (χ4n) is 2.56. The second-order valence-electron chi connectivity index (χ2n) is 5.58. The van der Waals surface area contributed by atoms with Crippen molar-refractivity contribution < 1.29 is 8.42 Å². The summed E-state index contributed by atoms with van der Waals surface area (Å²) in [6.45, 7) is 1.57. The molecule has 0 radical (unpaired) electrons. The Morgan fingerprint density at radius 1 is 1.29 bits per heavy atom. The normalized spacial score (nSPS) is 20.8. The number of piperidine rings is 1. The molecule has 1 aliphatic heterocycles. The Morgan fingerprint density at radius 2 is 1.95 bits per heavy atom. The maximum absolute atomic E-state index is 11.9. The Labute approximate surface area is 138 Å². The molecule has 0 unspecified atom stereocenters. The zero-order valence-corrected chi connectivity index (χ0v) is 14.6. The smallest absolute Gasteiger partial charge is 0.214 e. The van der Waals surface area contributed by atoms with Crippen LogP contribution in [0.3, 0.4) is 0 Å². The molecular formula is C13H17BrClN3O2S. The lowest BCUT2D eigenvalue weighted by molar-refractivity contribution is 0.457. The third kappa shape index (κ3) is 3.70. The highest BCUT2D eigenvalue weighted by molar-refractivity contribution is 9.10. The van der Waals surface area contributed by atoms with E-state index < -0.39 is 10.0 Å². The van der Waals surface area contributed by atoms with Gasteiger partial charge in [0.25, 0.3) is 0 Å². The van der Waals surface area contributed by atoms with Gasteiger partial charge in [-0.2, -0.15) is 0 Å². The molecule has 0 amide bonds. The number of rotatable bonds is 4. The Balaban J connectivity index is 1.60. The standard InChI is InChI=1S/C13H17BrClN3O2S/c14-12-7-9(15)8-16-13(12)18-5-3-10(4-6-18)17-21(19,20)11-1-2-11/h7-8,10-11,17H,1-6H2. The molecule has 1 aliphatic carbocycles. The molecule has 1 saturated heterocycles. The van der Waals surface area contributed by atoms with E-state index in [4.69, 9.17) is 11.6 Å². The third-order valence-electron chi connectivity index (χ3n) is 3.88. The topological polar surface area (TPSA) is 62.3 Å². The van der Waals surface area contributed by atoms with Crippen molar-refractivity contribution in [2.24, 2.45) is 0 Å². The first-order valence-corrected chi connectivity index (χ1v) is 9.74. The molecule has 0 atom stereocenters. The maximum Gasteiger partial charge on any atom is 0.214 e. The van der Waals surface area contributed by atoms with Gasteiger partial charge in [0.05, 0.1) is 14.7 Å². The van der Waals surface area contributed by atoms with Crippen molar-refractivity contribution in [2.45, 2.75) is 37.0 Å². The van der Waals surface area contributed by atoms with Gasteiger partial charge in [-0.1, -0.05) is 11.6 Å². The summed E-state index contributed by atoms with van der Waals surface area (Å²) in [6, 6.07) is 1.86. The largest absolute Gasteiger partial charge is 0.356 e. The third-order valence-corrected chi connectivity index (χ3v) is 6.68. The van der Waals surface area contributed by atoms with E-state index in [2.05, 4.69) is 30.5 Å². The highest BCUT2D eigenvalue weighted by atomic mass is 79.9. The fraction of sp³-hybridized carbons (Fsp3) is 0.615. The average molecular weight is 395 g/mol. The van der Waals surface area contributed by atoms with Gasteiger partial charge in [-0.3, -0.25) is 0 Å². The fourth-order valence-corrected chi connectivity index (χ4v) is 5.09. The number of hydrogen-bond donors (Lipinski definition) is 1. The van der Waals surface area contributed by atoms with E-state index in [0.29, 0.717) is 5.02 Å². The van der Waals surface area contributed by atoms with E-state index in [1.807, 2.05) is 6.07 Å². The highest BCUT2D eigenvalue weighted by Crippen LogP contribution is 2.30. The van der Waals surface area contributed by atoms with Crippen molar-refractivity contribution in [3.8, 4) is 0 Å². The number of halogens is 2. The summed E-state index contributed by atoms with van der Waals surface area (Å²) in [7, 11) is -3.09. The molecule has 1 aromatic rings. The van der Waals surface area contributed by atoms with Crippen molar-refractivity contribution in [3.63, 3.8) is 0 Å². The summed E-state index contributed by atoms with van der Waals surface area (Å²) in [5.74, 6) is 0.864. The molecule has 1 aromatic heterocycles. The SMILES string of the molecule is O=S(=O)(NC1CCN(c2ncc(Cl)cc2Br)CC1)C1CC1. The van der Waals surface area contributed by atoms with Crippen molar-refractivity contribution in [1.29, 1.82) is 0 Å². The number of aromatic nitrogens is 1. The van der Waals surface area contributed by atoms with E-state index in [-0.39, 0.29) is 11.3 Å². The maximum atomic E-state index is 11.9. The molecule has 1 N–H and O–H groups in total. The van der Waals surface area contributed by atoms with Crippen LogP contribution in [0.2, 0.25) is 5.02 Å². The van der Waals surface area contributed by atoms with E-state index >= 15 is 0 Å². The Kier molecular flexibility index (Phi) is 4.45. The Morgan fingerprint density at radius 3 is 2.52 bits per heavy atom. The summed E-state index contributed by atoms with van der Waals surface area (Å²) >= 11 is 9.37. The van der Waals surface area contributed by atoms with Crippen LogP contribution in [-0.4, -0.2) is 37.8 Å². The van der Waals surface area contributed by atoms with Crippen molar-refractivity contribution in [2.75, 3.05) is 18.0 Å². The lowest BCUT2D eigenvalue weighted by Gasteiger charge is -2.33. The number of hydrogen-bond acceptors (Lipinski definition) is 4. The number of pyridine rings is 1. The molecule has 0 bridgehead atoms. The average Bonchev–Trinajstić information content (AvgIpc) is 3.24. The lowest BCUT2D eigenvalue weighted by atomic mass is 10.1. The van der Waals surface area contributed by atoms with Gasteiger partial charge in [-0.15, -0.1) is 0 Å². The predicted octanol–water partition coefficient (Wildman–Crippen LogP) is 2.55. The highest BCUT2D eigenvalue weighted by Gasteiger charge is 2.37. The molecule has 2 heterocycles. The first kappa shape index (κ1) is 15.5. The summed E-state index contributed by atoms with van der Waals surface area (Å²) < 4.78 is 27.6. The van der Waals surface area contributed by atoms with Gasteiger partial charge >= 0.3 is 0 Å². The van der Waals surface area contributed by atoms with Gasteiger partial charge in [0.1, 0.15) is 5.82 Å². The lowest BCUT2D eigenvalue weighted by Crippen LogP contribution is -2.45. The summed E-state index contributed by atoms with van der Waals surface area (Å²) in [5, 5.41) is 0.445. The number of anilines is 1. The zero-order chi connectivity index (χ0) is 15.0. The quantitative estimate of drug-likeness (QED) is 0.852. The van der Waals surface area contributed by atoms with Gasteiger partial charge in [0.15, 0.2) is 0 Å².